The van der Waals surface area contributed by atoms with Gasteiger partial charge in [0.1, 0.15) is 24.7 Å². The molecule has 0 bridgehead atoms. The first-order valence-corrected chi connectivity index (χ1v) is 18.6. The van der Waals surface area contributed by atoms with Crippen LogP contribution in [-0.2, 0) is 25.5 Å². The Balaban J connectivity index is 0.00000464. The summed E-state index contributed by atoms with van der Waals surface area (Å²) >= 11 is 0. The minimum absolute atomic E-state index is 0. The number of ether oxygens (including phenoxy) is 1. The maximum Gasteiger partial charge on any atom is 0.410 e. The van der Waals surface area contributed by atoms with Crippen molar-refractivity contribution in [1.29, 1.82) is 0 Å². The van der Waals surface area contributed by atoms with Crippen LogP contribution in [0.1, 0.15) is 79.7 Å². The molecule has 2 saturated heterocycles. The van der Waals surface area contributed by atoms with Crippen LogP contribution in [-0.4, -0.2) is 85.0 Å². The molecular formula is C41H50ClN5O5. The molecule has 3 N–H and O–H groups in total. The van der Waals surface area contributed by atoms with Gasteiger partial charge in [0.15, 0.2) is 0 Å². The molecule has 0 radical (unpaired) electrons. The molecule has 2 aliphatic carbocycles. The largest absolute Gasteiger partial charge is 0.448 e. The lowest BCUT2D eigenvalue weighted by atomic mass is 9.87. The summed E-state index contributed by atoms with van der Waals surface area (Å²) in [4.78, 5) is 58.3. The molecule has 3 aromatic rings. The van der Waals surface area contributed by atoms with Crippen LogP contribution in [0, 0.1) is 5.92 Å². The number of hydrogen-bond acceptors (Lipinski definition) is 6. The van der Waals surface area contributed by atoms with Gasteiger partial charge in [0.25, 0.3) is 0 Å². The number of likely N-dealkylation sites (N-methyl/N-ethyl adjacent to an activating group) is 1. The summed E-state index contributed by atoms with van der Waals surface area (Å²) in [5.41, 5.74) is 6.92. The van der Waals surface area contributed by atoms with Crippen molar-refractivity contribution in [3.8, 4) is 11.1 Å². The molecule has 0 spiro atoms. The third-order valence-corrected chi connectivity index (χ3v) is 11.5. The standard InChI is InChI=1S/C41H49N5O5.ClH/c1-26(45(2)41(50)51-25-34-32-16-7-5-14-30(32)31-15-6-8-17-33(31)34)38(47)44-37(28-20-22-42-23-21-28)40(49)46-24-10-19-36(46)39(48)43-35-18-9-12-27-11-3-4-13-29(27)35;/h3-8,11,13-17,26,28,34-37,42H,9-10,12,18-25H2,1-2H3,(H,43,48)(H,44,47);1H/t26?,35-,36+,37?;/m1./s1. The van der Waals surface area contributed by atoms with E-state index in [0.29, 0.717) is 13.0 Å². The number of nitrogens with one attached hydrogen (secondary N) is 3. The fraction of sp³-hybridized carbons (Fsp3) is 0.463. The number of aryl methyl sites for hydroxylation is 1. The Morgan fingerprint density at radius 1 is 0.865 bits per heavy atom. The van der Waals surface area contributed by atoms with Crippen molar-refractivity contribution in [2.45, 2.75) is 82.0 Å². The molecule has 0 saturated carbocycles. The highest BCUT2D eigenvalue weighted by molar-refractivity contribution is 5.94. The van der Waals surface area contributed by atoms with E-state index in [2.05, 4.69) is 52.3 Å². The van der Waals surface area contributed by atoms with Gasteiger partial charge in [0, 0.05) is 19.5 Å². The molecular weight excluding hydrogens is 678 g/mol. The van der Waals surface area contributed by atoms with Gasteiger partial charge in [-0.2, -0.15) is 0 Å². The molecule has 4 amide bonds. The lowest BCUT2D eigenvalue weighted by molar-refractivity contribution is -0.143. The second kappa shape index (κ2) is 16.5. The quantitative estimate of drug-likeness (QED) is 0.274. The Kier molecular flexibility index (Phi) is 11.9. The van der Waals surface area contributed by atoms with Crippen molar-refractivity contribution in [2.75, 3.05) is 33.3 Å². The third-order valence-electron chi connectivity index (χ3n) is 11.5. The zero-order valence-corrected chi connectivity index (χ0v) is 30.8. The van der Waals surface area contributed by atoms with Crippen molar-refractivity contribution in [3.05, 3.63) is 95.1 Å². The van der Waals surface area contributed by atoms with Gasteiger partial charge in [-0.25, -0.2) is 4.79 Å². The van der Waals surface area contributed by atoms with Gasteiger partial charge in [0.05, 0.1) is 6.04 Å². The van der Waals surface area contributed by atoms with Gasteiger partial charge >= 0.3 is 6.09 Å². The van der Waals surface area contributed by atoms with Gasteiger partial charge in [-0.3, -0.25) is 19.3 Å². The first-order valence-electron chi connectivity index (χ1n) is 18.6. The number of carbonyl (C=O) groups excluding carboxylic acids is 4. The van der Waals surface area contributed by atoms with Crippen molar-refractivity contribution in [1.82, 2.24) is 25.8 Å². The van der Waals surface area contributed by atoms with Crippen LogP contribution in [0.2, 0.25) is 0 Å². The molecule has 11 heteroatoms. The average molecular weight is 728 g/mol. The van der Waals surface area contributed by atoms with Crippen LogP contribution in [0.5, 0.6) is 0 Å². The summed E-state index contributed by atoms with van der Waals surface area (Å²) < 4.78 is 5.83. The number of nitrogens with zero attached hydrogens (tertiary/aromatic N) is 2. The van der Waals surface area contributed by atoms with Gasteiger partial charge in [-0.15, -0.1) is 12.4 Å². The second-order valence-electron chi connectivity index (χ2n) is 14.5. The molecule has 4 aliphatic rings. The van der Waals surface area contributed by atoms with E-state index >= 15 is 0 Å². The number of benzene rings is 3. The minimum Gasteiger partial charge on any atom is -0.448 e. The number of piperidine rings is 1. The molecule has 10 nitrogen and oxygen atoms in total. The zero-order chi connectivity index (χ0) is 35.5. The number of likely N-dealkylation sites (tertiary alicyclic amines) is 1. The maximum atomic E-state index is 14.4. The smallest absolute Gasteiger partial charge is 0.410 e. The van der Waals surface area contributed by atoms with E-state index in [4.69, 9.17) is 4.74 Å². The monoisotopic (exact) mass is 727 g/mol. The lowest BCUT2D eigenvalue weighted by Crippen LogP contribution is -2.59. The van der Waals surface area contributed by atoms with E-state index in [1.54, 1.807) is 18.9 Å². The van der Waals surface area contributed by atoms with Crippen LogP contribution >= 0.6 is 12.4 Å². The molecule has 2 heterocycles. The molecule has 7 rings (SSSR count). The summed E-state index contributed by atoms with van der Waals surface area (Å²) in [5, 5.41) is 9.65. The van der Waals surface area contributed by atoms with Crippen LogP contribution in [0.25, 0.3) is 11.1 Å². The molecule has 2 aliphatic heterocycles. The van der Waals surface area contributed by atoms with Crippen molar-refractivity contribution < 1.29 is 23.9 Å². The van der Waals surface area contributed by atoms with E-state index < -0.39 is 30.1 Å². The summed E-state index contributed by atoms with van der Waals surface area (Å²) in [7, 11) is 1.55. The predicted octanol–water partition coefficient (Wildman–Crippen LogP) is 5.35. The lowest BCUT2D eigenvalue weighted by Gasteiger charge is -2.36. The first-order chi connectivity index (χ1) is 24.8. The Morgan fingerprint density at radius 2 is 1.50 bits per heavy atom. The number of fused-ring (bicyclic) bond motifs is 4. The van der Waals surface area contributed by atoms with Crippen LogP contribution < -0.4 is 16.0 Å². The highest BCUT2D eigenvalue weighted by Gasteiger charge is 2.42. The van der Waals surface area contributed by atoms with Crippen LogP contribution in [0.3, 0.4) is 0 Å². The van der Waals surface area contributed by atoms with Crippen LogP contribution in [0.4, 0.5) is 4.79 Å². The summed E-state index contributed by atoms with van der Waals surface area (Å²) in [6, 6.07) is 22.2. The number of carbonyl (C=O) groups is 4. The summed E-state index contributed by atoms with van der Waals surface area (Å²) in [5.74, 6) is -0.986. The summed E-state index contributed by atoms with van der Waals surface area (Å²) in [6.07, 6.45) is 5.01. The maximum absolute atomic E-state index is 14.4. The van der Waals surface area contributed by atoms with Crippen LogP contribution in [0.15, 0.2) is 72.8 Å². The third kappa shape index (κ3) is 7.55. The molecule has 2 fully saturated rings. The van der Waals surface area contributed by atoms with E-state index in [9.17, 15) is 19.2 Å². The molecule has 0 aromatic heterocycles. The van der Waals surface area contributed by atoms with E-state index in [1.807, 2.05) is 36.4 Å². The number of rotatable bonds is 9. The van der Waals surface area contributed by atoms with E-state index in [-0.39, 0.29) is 48.7 Å². The minimum atomic E-state index is -0.887. The average Bonchev–Trinajstić information content (AvgIpc) is 3.79. The fourth-order valence-electron chi connectivity index (χ4n) is 8.52. The number of amides is 4. The SMILES string of the molecule is CC(C(=O)NC(C(=O)N1CCC[C@H]1C(=O)N[C@@H]1CCCc2ccccc21)C1CCNCC1)N(C)C(=O)OCC1c2ccccc2-c2ccccc21.Cl. The van der Waals surface area contributed by atoms with E-state index in [0.717, 1.165) is 79.4 Å². The second-order valence-corrected chi connectivity index (χ2v) is 14.5. The Bertz CT molecular complexity index is 1730. The Labute approximate surface area is 312 Å². The predicted molar refractivity (Wildman–Crippen MR) is 202 cm³/mol. The first kappa shape index (κ1) is 37.4. The van der Waals surface area contributed by atoms with Gasteiger partial charge in [-0.1, -0.05) is 72.8 Å². The molecule has 3 aromatic carbocycles. The van der Waals surface area contributed by atoms with E-state index in [1.165, 1.54) is 10.5 Å². The molecule has 2 unspecified atom stereocenters. The summed E-state index contributed by atoms with van der Waals surface area (Å²) in [6.45, 7) is 3.74. The highest BCUT2D eigenvalue weighted by atomic mass is 35.5. The normalized spacial score (nSPS) is 20.7. The number of halogens is 1. The fourth-order valence-corrected chi connectivity index (χ4v) is 8.52. The van der Waals surface area contributed by atoms with Crippen molar-refractivity contribution in [3.63, 3.8) is 0 Å². The Morgan fingerprint density at radius 3 is 2.19 bits per heavy atom. The number of hydrogen-bond donors (Lipinski definition) is 3. The molecule has 52 heavy (non-hydrogen) atoms. The van der Waals surface area contributed by atoms with Gasteiger partial charge < -0.3 is 25.6 Å². The Hall–Kier alpha value is -4.41. The van der Waals surface area contributed by atoms with Crippen molar-refractivity contribution in [2.24, 2.45) is 5.92 Å². The topological polar surface area (TPSA) is 120 Å². The van der Waals surface area contributed by atoms with Gasteiger partial charge in [-0.05, 0) is 104 Å². The zero-order valence-electron chi connectivity index (χ0n) is 30.0. The molecule has 276 valence electrons. The van der Waals surface area contributed by atoms with Gasteiger partial charge in [0.2, 0.25) is 17.7 Å². The molecule has 4 atom stereocenters. The highest BCUT2D eigenvalue weighted by Crippen LogP contribution is 2.44. The van der Waals surface area contributed by atoms with Crippen molar-refractivity contribution >= 4 is 36.2 Å².